The smallest absolute Gasteiger partial charge is 0.195 e. The summed E-state index contributed by atoms with van der Waals surface area (Å²) in [5, 5.41) is 0. The van der Waals surface area contributed by atoms with Crippen LogP contribution in [0, 0.1) is 0 Å². The molecule has 0 aromatic carbocycles. The fraction of sp³-hybridized carbons (Fsp3) is 0.667. The first kappa shape index (κ1) is 9.41. The van der Waals surface area contributed by atoms with Gasteiger partial charge in [-0.1, -0.05) is 0 Å². The average molecular weight is 175 g/mol. The van der Waals surface area contributed by atoms with E-state index >= 15 is 0 Å². The van der Waals surface area contributed by atoms with E-state index in [4.69, 9.17) is 0 Å². The van der Waals surface area contributed by atoms with Crippen LogP contribution in [0.5, 0.6) is 0 Å². The van der Waals surface area contributed by atoms with Crippen LogP contribution in [0.4, 0.5) is 13.2 Å². The second kappa shape index (κ2) is 2.57. The molecule has 60 valence electrons. The molecular formula is C3H4F3NO2S. The number of nitrogens with zero attached hydrogens (tertiary/aromatic N) is 1. The van der Waals surface area contributed by atoms with Crippen molar-refractivity contribution in [1.82, 2.24) is 0 Å². The molecule has 0 N–H and O–H groups in total. The van der Waals surface area contributed by atoms with Gasteiger partial charge >= 0.3 is 15.5 Å². The average Bonchev–Trinajstić information content (AvgIpc) is 1.61. The van der Waals surface area contributed by atoms with E-state index in [0.29, 0.717) is 6.21 Å². The Morgan fingerprint density at radius 3 is 1.90 bits per heavy atom. The zero-order chi connectivity index (χ0) is 8.41. The molecule has 0 unspecified atom stereocenters. The molecule has 0 fully saturated rings. The summed E-state index contributed by atoms with van der Waals surface area (Å²) in [5.41, 5.74) is -5.28. The molecule has 7 heteroatoms. The van der Waals surface area contributed by atoms with Gasteiger partial charge in [-0.2, -0.15) is 26.0 Å². The Morgan fingerprint density at radius 1 is 1.40 bits per heavy atom. The minimum Gasteiger partial charge on any atom is -0.195 e. The molecule has 0 bridgehead atoms. The van der Waals surface area contributed by atoms with Crippen LogP contribution in [0.1, 0.15) is 6.92 Å². The minimum atomic E-state index is -5.28. The van der Waals surface area contributed by atoms with Gasteiger partial charge in [0, 0.05) is 6.21 Å². The summed E-state index contributed by atoms with van der Waals surface area (Å²) in [7, 11) is -5.28. The second-order valence-corrected chi connectivity index (χ2v) is 2.91. The molecule has 0 rings (SSSR count). The maximum Gasteiger partial charge on any atom is 0.518 e. The Balaban J connectivity index is 4.78. The molecule has 0 atom stereocenters. The Kier molecular flexibility index (Phi) is 2.42. The lowest BCUT2D eigenvalue weighted by atomic mass is 10.9. The standard InChI is InChI=1S/C3H4F3NO2S/c1-2-7-10(8,9)3(4,5)6/h2H,1H3. The molecule has 0 spiro atoms. The molecule has 0 aromatic heterocycles. The first-order chi connectivity index (χ1) is 4.31. The van der Waals surface area contributed by atoms with Gasteiger partial charge in [-0.3, -0.25) is 0 Å². The largest absolute Gasteiger partial charge is 0.518 e. The predicted octanol–water partition coefficient (Wildman–Crippen LogP) is 0.927. The van der Waals surface area contributed by atoms with Gasteiger partial charge in [-0.05, 0) is 6.92 Å². The molecule has 0 saturated carbocycles. The van der Waals surface area contributed by atoms with Gasteiger partial charge in [-0.15, -0.1) is 0 Å². The van der Waals surface area contributed by atoms with Gasteiger partial charge in [0.15, 0.2) is 0 Å². The molecular weight excluding hydrogens is 171 g/mol. The van der Waals surface area contributed by atoms with Crippen molar-refractivity contribution in [2.45, 2.75) is 12.4 Å². The van der Waals surface area contributed by atoms with Crippen LogP contribution in [0.2, 0.25) is 0 Å². The Labute approximate surface area is 55.6 Å². The summed E-state index contributed by atoms with van der Waals surface area (Å²) in [6, 6.07) is 0. The molecule has 10 heavy (non-hydrogen) atoms. The minimum absolute atomic E-state index is 0.572. The van der Waals surface area contributed by atoms with Gasteiger partial charge < -0.3 is 0 Å². The first-order valence-electron chi connectivity index (χ1n) is 2.12. The summed E-state index contributed by atoms with van der Waals surface area (Å²) in [6.45, 7) is 1.09. The maximum absolute atomic E-state index is 11.3. The number of sulfonamides is 1. The molecule has 0 amide bonds. The van der Waals surface area contributed by atoms with Crippen molar-refractivity contribution >= 4 is 16.2 Å². The van der Waals surface area contributed by atoms with Crippen molar-refractivity contribution in [3.63, 3.8) is 0 Å². The number of rotatable bonds is 1. The number of hydrogen-bond donors (Lipinski definition) is 0. The fourth-order valence-corrected chi connectivity index (χ4v) is 0.596. The highest BCUT2D eigenvalue weighted by atomic mass is 32.2. The molecule has 0 aromatic rings. The first-order valence-corrected chi connectivity index (χ1v) is 3.56. The highest BCUT2D eigenvalue weighted by molar-refractivity contribution is 7.91. The Bertz CT molecular complexity index is 227. The van der Waals surface area contributed by atoms with Gasteiger partial charge in [0.05, 0.1) is 0 Å². The number of hydrogen-bond acceptors (Lipinski definition) is 2. The van der Waals surface area contributed by atoms with E-state index in [0.717, 1.165) is 6.92 Å². The maximum atomic E-state index is 11.3. The molecule has 0 aliphatic rings. The molecule has 0 radical (unpaired) electrons. The van der Waals surface area contributed by atoms with E-state index in [9.17, 15) is 21.6 Å². The Morgan fingerprint density at radius 2 is 1.80 bits per heavy atom. The van der Waals surface area contributed by atoms with Crippen molar-refractivity contribution in [2.24, 2.45) is 4.40 Å². The molecule has 3 nitrogen and oxygen atoms in total. The number of alkyl halides is 3. The van der Waals surface area contributed by atoms with Crippen LogP contribution in [-0.2, 0) is 10.0 Å². The number of halogens is 3. The zero-order valence-corrected chi connectivity index (χ0v) is 5.70. The van der Waals surface area contributed by atoms with Crippen LogP contribution in [0.3, 0.4) is 0 Å². The molecule has 0 heterocycles. The van der Waals surface area contributed by atoms with Crippen LogP contribution < -0.4 is 0 Å². The van der Waals surface area contributed by atoms with Crippen LogP contribution >= 0.6 is 0 Å². The SMILES string of the molecule is CC=NS(=O)(=O)C(F)(F)F. The lowest BCUT2D eigenvalue weighted by Crippen LogP contribution is -2.20. The summed E-state index contributed by atoms with van der Waals surface area (Å²) < 4.78 is 56.1. The van der Waals surface area contributed by atoms with E-state index in [1.165, 1.54) is 0 Å². The zero-order valence-electron chi connectivity index (χ0n) is 4.88. The van der Waals surface area contributed by atoms with E-state index in [1.807, 2.05) is 0 Å². The van der Waals surface area contributed by atoms with Gasteiger partial charge in [0.1, 0.15) is 0 Å². The third-order valence-electron chi connectivity index (χ3n) is 0.537. The van der Waals surface area contributed by atoms with Crippen molar-refractivity contribution in [3.05, 3.63) is 0 Å². The molecule has 0 aliphatic heterocycles. The lowest BCUT2D eigenvalue weighted by Gasteiger charge is -2.00. The third kappa shape index (κ3) is 1.98. The Hall–Kier alpha value is -0.590. The quantitative estimate of drug-likeness (QED) is 0.556. The van der Waals surface area contributed by atoms with Gasteiger partial charge in [0.25, 0.3) is 0 Å². The van der Waals surface area contributed by atoms with Gasteiger partial charge in [0.2, 0.25) is 0 Å². The van der Waals surface area contributed by atoms with Crippen molar-refractivity contribution in [3.8, 4) is 0 Å². The highest BCUT2D eigenvalue weighted by Crippen LogP contribution is 2.23. The summed E-state index contributed by atoms with van der Waals surface area (Å²) in [6.07, 6.45) is 0.572. The topological polar surface area (TPSA) is 46.5 Å². The second-order valence-electron chi connectivity index (χ2n) is 1.28. The van der Waals surface area contributed by atoms with Gasteiger partial charge in [-0.25, -0.2) is 0 Å². The molecule has 0 saturated heterocycles. The van der Waals surface area contributed by atoms with Crippen molar-refractivity contribution in [1.29, 1.82) is 0 Å². The summed E-state index contributed by atoms with van der Waals surface area (Å²) in [5.74, 6) is 0. The van der Waals surface area contributed by atoms with Crippen molar-refractivity contribution in [2.75, 3.05) is 0 Å². The summed E-state index contributed by atoms with van der Waals surface area (Å²) >= 11 is 0. The van der Waals surface area contributed by atoms with E-state index < -0.39 is 15.5 Å². The normalized spacial score (nSPS) is 14.4. The van der Waals surface area contributed by atoms with Crippen molar-refractivity contribution < 1.29 is 21.6 Å². The summed E-state index contributed by atoms with van der Waals surface area (Å²) in [4.78, 5) is 0. The third-order valence-corrected chi connectivity index (χ3v) is 1.61. The monoisotopic (exact) mass is 175 g/mol. The predicted molar refractivity (Wildman–Crippen MR) is 29.1 cm³/mol. The van der Waals surface area contributed by atoms with E-state index in [2.05, 4.69) is 4.40 Å². The highest BCUT2D eigenvalue weighted by Gasteiger charge is 2.45. The van der Waals surface area contributed by atoms with Crippen LogP contribution in [0.15, 0.2) is 4.40 Å². The lowest BCUT2D eigenvalue weighted by molar-refractivity contribution is -0.0435. The van der Waals surface area contributed by atoms with Crippen LogP contribution in [0.25, 0.3) is 0 Å². The van der Waals surface area contributed by atoms with Crippen LogP contribution in [-0.4, -0.2) is 20.1 Å². The van der Waals surface area contributed by atoms with E-state index in [1.54, 1.807) is 0 Å². The molecule has 0 aliphatic carbocycles. The fourth-order valence-electron chi connectivity index (χ4n) is 0.199. The van der Waals surface area contributed by atoms with E-state index in [-0.39, 0.29) is 0 Å².